The number of hydrogen-bond donors (Lipinski definition) is 1. The minimum Gasteiger partial charge on any atom is -0.465 e. The van der Waals surface area contributed by atoms with Gasteiger partial charge in [-0.15, -0.1) is 11.3 Å². The van der Waals surface area contributed by atoms with E-state index in [2.05, 4.69) is 10.5 Å². The van der Waals surface area contributed by atoms with Gasteiger partial charge in [-0.1, -0.05) is 48.3 Å². The van der Waals surface area contributed by atoms with Gasteiger partial charge >= 0.3 is 5.97 Å². The highest BCUT2D eigenvalue weighted by Crippen LogP contribution is 2.38. The summed E-state index contributed by atoms with van der Waals surface area (Å²) in [4.78, 5) is 27.0. The third kappa shape index (κ3) is 3.89. The van der Waals surface area contributed by atoms with Gasteiger partial charge in [0.1, 0.15) is 22.0 Å². The summed E-state index contributed by atoms with van der Waals surface area (Å²) in [5.41, 5.74) is 3.17. The van der Waals surface area contributed by atoms with Crippen LogP contribution in [0.15, 0.2) is 34.9 Å². The number of aromatic nitrogens is 1. The number of amides is 1. The third-order valence-electron chi connectivity index (χ3n) is 5.42. The maximum absolute atomic E-state index is 13.2. The highest BCUT2D eigenvalue weighted by Gasteiger charge is 2.28. The molecule has 2 aromatic heterocycles. The molecule has 156 valence electrons. The first kappa shape index (κ1) is 20.3. The molecule has 30 heavy (non-hydrogen) atoms. The lowest BCUT2D eigenvalue weighted by molar-refractivity contribution is 0.0601. The normalized spacial score (nSPS) is 13.8. The van der Waals surface area contributed by atoms with Crippen LogP contribution in [0.3, 0.4) is 0 Å². The molecule has 1 aromatic carbocycles. The molecule has 0 spiro atoms. The zero-order valence-electron chi connectivity index (χ0n) is 17.1. The standard InChI is InChI=1S/C23H24N2O4S/c1-14-18(20(25-29-14)15-10-6-5-7-11-15)21(26)24-22-19(23(27)28-2)16-12-8-3-4-9-13-17(16)30-22/h5-7,10-11H,3-4,8-9,12-13H2,1-2H3,(H,24,26). The largest absolute Gasteiger partial charge is 0.465 e. The lowest BCUT2D eigenvalue weighted by atomic mass is 9.96. The van der Waals surface area contributed by atoms with Gasteiger partial charge in [0.2, 0.25) is 0 Å². The van der Waals surface area contributed by atoms with Gasteiger partial charge in [0.15, 0.2) is 0 Å². The van der Waals surface area contributed by atoms with Crippen molar-refractivity contribution in [2.24, 2.45) is 0 Å². The molecule has 2 heterocycles. The first-order valence-electron chi connectivity index (χ1n) is 10.2. The van der Waals surface area contributed by atoms with E-state index in [1.807, 2.05) is 30.3 Å². The van der Waals surface area contributed by atoms with Gasteiger partial charge in [0.25, 0.3) is 5.91 Å². The fourth-order valence-corrected chi connectivity index (χ4v) is 5.20. The van der Waals surface area contributed by atoms with Crippen LogP contribution in [0.2, 0.25) is 0 Å². The van der Waals surface area contributed by atoms with Crippen molar-refractivity contribution < 1.29 is 18.8 Å². The van der Waals surface area contributed by atoms with Crippen molar-refractivity contribution in [3.63, 3.8) is 0 Å². The molecule has 0 radical (unpaired) electrons. The molecule has 0 atom stereocenters. The van der Waals surface area contributed by atoms with Crippen LogP contribution in [0.4, 0.5) is 5.00 Å². The SMILES string of the molecule is COC(=O)c1c(NC(=O)c2c(-c3ccccc3)noc2C)sc2c1CCCCCC2. The van der Waals surface area contributed by atoms with E-state index in [-0.39, 0.29) is 5.91 Å². The Morgan fingerprint density at radius 1 is 1.07 bits per heavy atom. The Morgan fingerprint density at radius 2 is 1.80 bits per heavy atom. The summed E-state index contributed by atoms with van der Waals surface area (Å²) in [5.74, 6) is -0.318. The second-order valence-corrected chi connectivity index (χ2v) is 8.50. The molecule has 3 aromatic rings. The van der Waals surface area contributed by atoms with E-state index in [9.17, 15) is 9.59 Å². The quantitative estimate of drug-likeness (QED) is 0.566. The lowest BCUT2D eigenvalue weighted by Gasteiger charge is -2.11. The fourth-order valence-electron chi connectivity index (χ4n) is 3.92. The van der Waals surface area contributed by atoms with Crippen molar-refractivity contribution in [2.45, 2.75) is 45.4 Å². The van der Waals surface area contributed by atoms with Crippen molar-refractivity contribution in [2.75, 3.05) is 12.4 Å². The Bertz CT molecular complexity index is 1070. The predicted octanol–water partition coefficient (Wildman–Crippen LogP) is 5.41. The van der Waals surface area contributed by atoms with Gasteiger partial charge in [0.05, 0.1) is 12.7 Å². The first-order valence-corrected chi connectivity index (χ1v) is 11.0. The second kappa shape index (κ2) is 8.83. The molecule has 0 bridgehead atoms. The summed E-state index contributed by atoms with van der Waals surface area (Å²) in [5, 5.41) is 7.58. The smallest absolute Gasteiger partial charge is 0.341 e. The number of carbonyl (C=O) groups excluding carboxylic acids is 2. The van der Waals surface area contributed by atoms with Crippen LogP contribution >= 0.6 is 11.3 Å². The number of fused-ring (bicyclic) bond motifs is 1. The fraction of sp³-hybridized carbons (Fsp3) is 0.348. The molecule has 0 aliphatic heterocycles. The molecule has 0 saturated heterocycles. The highest BCUT2D eigenvalue weighted by atomic mass is 32.1. The number of ether oxygens (including phenoxy) is 1. The van der Waals surface area contributed by atoms with Crippen molar-refractivity contribution in [1.29, 1.82) is 0 Å². The van der Waals surface area contributed by atoms with Crippen LogP contribution in [0.1, 0.15) is 62.6 Å². The number of carbonyl (C=O) groups is 2. The Kier molecular flexibility index (Phi) is 5.99. The van der Waals surface area contributed by atoms with E-state index >= 15 is 0 Å². The molecule has 0 fully saturated rings. The summed E-state index contributed by atoms with van der Waals surface area (Å²) in [6, 6.07) is 9.43. The number of esters is 1. The summed E-state index contributed by atoms with van der Waals surface area (Å²) in [7, 11) is 1.37. The summed E-state index contributed by atoms with van der Waals surface area (Å²) in [6.45, 7) is 1.71. The Hall–Kier alpha value is -2.93. The molecule has 1 aliphatic carbocycles. The van der Waals surface area contributed by atoms with Crippen molar-refractivity contribution >= 4 is 28.2 Å². The van der Waals surface area contributed by atoms with Gasteiger partial charge in [-0.05, 0) is 38.2 Å². The van der Waals surface area contributed by atoms with Crippen LogP contribution < -0.4 is 5.32 Å². The number of methoxy groups -OCH3 is 1. The molecule has 1 amide bonds. The minimum atomic E-state index is -0.409. The molecule has 6 nitrogen and oxygen atoms in total. The van der Waals surface area contributed by atoms with Gasteiger partial charge in [-0.25, -0.2) is 4.79 Å². The van der Waals surface area contributed by atoms with E-state index in [1.165, 1.54) is 24.9 Å². The second-order valence-electron chi connectivity index (χ2n) is 7.40. The average molecular weight is 425 g/mol. The number of nitrogens with zero attached hydrogens (tertiary/aromatic N) is 1. The number of aryl methyl sites for hydroxylation is 2. The Morgan fingerprint density at radius 3 is 2.53 bits per heavy atom. The average Bonchev–Trinajstić information content (AvgIpc) is 3.28. The van der Waals surface area contributed by atoms with Crippen LogP contribution in [0, 0.1) is 6.92 Å². The summed E-state index contributed by atoms with van der Waals surface area (Å²) >= 11 is 1.48. The number of rotatable bonds is 4. The number of thiophene rings is 1. The Labute approximate surface area is 179 Å². The van der Waals surface area contributed by atoms with Crippen molar-refractivity contribution in [3.8, 4) is 11.3 Å². The summed E-state index contributed by atoms with van der Waals surface area (Å²) < 4.78 is 10.4. The summed E-state index contributed by atoms with van der Waals surface area (Å²) in [6.07, 6.45) is 6.20. The number of nitrogens with one attached hydrogen (secondary N) is 1. The van der Waals surface area contributed by atoms with E-state index in [1.54, 1.807) is 6.92 Å². The molecule has 0 unspecified atom stereocenters. The van der Waals surface area contributed by atoms with E-state index in [0.717, 1.165) is 48.1 Å². The maximum atomic E-state index is 13.2. The third-order valence-corrected chi connectivity index (χ3v) is 6.63. The molecule has 7 heteroatoms. The van der Waals surface area contributed by atoms with E-state index in [0.29, 0.717) is 27.6 Å². The molecule has 1 aliphatic rings. The molecule has 4 rings (SSSR count). The lowest BCUT2D eigenvalue weighted by Crippen LogP contribution is -2.16. The van der Waals surface area contributed by atoms with E-state index < -0.39 is 5.97 Å². The highest BCUT2D eigenvalue weighted by molar-refractivity contribution is 7.17. The van der Waals surface area contributed by atoms with Gasteiger partial charge < -0.3 is 14.6 Å². The van der Waals surface area contributed by atoms with Gasteiger partial charge in [0, 0.05) is 10.4 Å². The zero-order chi connectivity index (χ0) is 21.1. The predicted molar refractivity (Wildman–Crippen MR) is 116 cm³/mol. The molecular weight excluding hydrogens is 400 g/mol. The van der Waals surface area contributed by atoms with Crippen LogP contribution in [0.25, 0.3) is 11.3 Å². The zero-order valence-corrected chi connectivity index (χ0v) is 17.9. The number of anilines is 1. The van der Waals surface area contributed by atoms with Gasteiger partial charge in [-0.2, -0.15) is 0 Å². The van der Waals surface area contributed by atoms with E-state index in [4.69, 9.17) is 9.26 Å². The van der Waals surface area contributed by atoms with Crippen LogP contribution in [-0.4, -0.2) is 24.1 Å². The first-order chi connectivity index (χ1) is 14.6. The monoisotopic (exact) mass is 424 g/mol. The Balaban J connectivity index is 1.72. The van der Waals surface area contributed by atoms with Gasteiger partial charge in [-0.3, -0.25) is 4.79 Å². The number of hydrogen-bond acceptors (Lipinski definition) is 6. The minimum absolute atomic E-state index is 0.341. The molecular formula is C23H24N2O4S. The van der Waals surface area contributed by atoms with Crippen LogP contribution in [0.5, 0.6) is 0 Å². The van der Waals surface area contributed by atoms with Crippen molar-refractivity contribution in [1.82, 2.24) is 5.16 Å². The molecule has 0 saturated carbocycles. The van der Waals surface area contributed by atoms with Crippen LogP contribution in [-0.2, 0) is 17.6 Å². The number of benzene rings is 1. The topological polar surface area (TPSA) is 81.4 Å². The maximum Gasteiger partial charge on any atom is 0.341 e. The van der Waals surface area contributed by atoms with Crippen molar-refractivity contribution in [3.05, 3.63) is 57.7 Å². The molecule has 1 N–H and O–H groups in total.